The fraction of sp³-hybridized carbons (Fsp3) is 0.333. The van der Waals surface area contributed by atoms with Gasteiger partial charge in [0.05, 0.1) is 19.8 Å². The Hall–Kier alpha value is -2.29. The van der Waals surface area contributed by atoms with Gasteiger partial charge >= 0.3 is 5.97 Å². The number of benzene rings is 2. The third-order valence-corrected chi connectivity index (χ3v) is 4.18. The van der Waals surface area contributed by atoms with Crippen LogP contribution < -0.4 is 15.4 Å². The van der Waals surface area contributed by atoms with Gasteiger partial charge in [-0.1, -0.05) is 29.8 Å². The molecule has 28 heavy (non-hydrogen) atoms. The van der Waals surface area contributed by atoms with Crippen molar-refractivity contribution >= 4 is 35.9 Å². The number of ether oxygens (including phenoxy) is 2. The van der Waals surface area contributed by atoms with Crippen LogP contribution in [0.1, 0.15) is 27.0 Å². The molecule has 2 aromatic carbocycles. The second-order valence-electron chi connectivity index (χ2n) is 6.11. The molecule has 0 bridgehead atoms. The van der Waals surface area contributed by atoms with Crippen molar-refractivity contribution in [1.82, 2.24) is 10.6 Å². The van der Waals surface area contributed by atoms with E-state index >= 15 is 0 Å². The molecular formula is C21H28IN3O3. The molecule has 0 radical (unpaired) electrons. The Bertz CT molecular complexity index is 792. The summed E-state index contributed by atoms with van der Waals surface area (Å²) in [7, 11) is 4.80. The van der Waals surface area contributed by atoms with Crippen LogP contribution in [0.5, 0.6) is 5.75 Å². The molecule has 6 nitrogen and oxygen atoms in total. The Morgan fingerprint density at radius 2 is 1.79 bits per heavy atom. The van der Waals surface area contributed by atoms with Gasteiger partial charge in [-0.25, -0.2) is 4.79 Å². The second kappa shape index (κ2) is 12.2. The van der Waals surface area contributed by atoms with Crippen LogP contribution in [0.2, 0.25) is 0 Å². The van der Waals surface area contributed by atoms with Crippen molar-refractivity contribution in [2.45, 2.75) is 19.9 Å². The molecule has 0 amide bonds. The highest BCUT2D eigenvalue weighted by molar-refractivity contribution is 14.0. The summed E-state index contributed by atoms with van der Waals surface area (Å²) in [6.07, 6.45) is 0.833. The normalized spacial score (nSPS) is 10.6. The Balaban J connectivity index is 0.00000392. The van der Waals surface area contributed by atoms with E-state index in [-0.39, 0.29) is 29.9 Å². The van der Waals surface area contributed by atoms with Crippen LogP contribution in [0.4, 0.5) is 0 Å². The van der Waals surface area contributed by atoms with Gasteiger partial charge in [0.2, 0.25) is 0 Å². The second-order valence-corrected chi connectivity index (χ2v) is 6.11. The molecule has 2 N–H and O–H groups in total. The number of methoxy groups -OCH3 is 2. The molecule has 0 aliphatic heterocycles. The molecule has 0 spiro atoms. The van der Waals surface area contributed by atoms with Crippen molar-refractivity contribution < 1.29 is 14.3 Å². The average molecular weight is 497 g/mol. The third-order valence-electron chi connectivity index (χ3n) is 4.18. The number of carbonyl (C=O) groups excluding carboxylic acids is 1. The van der Waals surface area contributed by atoms with E-state index in [1.807, 2.05) is 24.3 Å². The molecule has 0 aliphatic carbocycles. The van der Waals surface area contributed by atoms with Crippen LogP contribution in [0.25, 0.3) is 0 Å². The molecule has 0 saturated heterocycles. The van der Waals surface area contributed by atoms with Crippen LogP contribution in [0, 0.1) is 6.92 Å². The number of halogens is 1. The lowest BCUT2D eigenvalue weighted by Gasteiger charge is -2.14. The van der Waals surface area contributed by atoms with E-state index in [4.69, 9.17) is 9.47 Å². The summed E-state index contributed by atoms with van der Waals surface area (Å²) < 4.78 is 10.1. The van der Waals surface area contributed by atoms with Crippen molar-refractivity contribution in [2.24, 2.45) is 4.99 Å². The molecule has 7 heteroatoms. The number of rotatable bonds is 7. The Kier molecular flexibility index (Phi) is 10.4. The van der Waals surface area contributed by atoms with Crippen molar-refractivity contribution in [2.75, 3.05) is 27.8 Å². The molecule has 2 rings (SSSR count). The van der Waals surface area contributed by atoms with Crippen LogP contribution in [0.3, 0.4) is 0 Å². The zero-order chi connectivity index (χ0) is 19.6. The molecule has 0 aliphatic rings. The van der Waals surface area contributed by atoms with Gasteiger partial charge in [0.25, 0.3) is 0 Å². The number of carbonyl (C=O) groups is 1. The third kappa shape index (κ3) is 7.03. The quantitative estimate of drug-likeness (QED) is 0.266. The number of aryl methyl sites for hydroxylation is 1. The van der Waals surface area contributed by atoms with Crippen molar-refractivity contribution in [3.8, 4) is 5.75 Å². The van der Waals surface area contributed by atoms with Crippen molar-refractivity contribution in [3.63, 3.8) is 0 Å². The Morgan fingerprint density at radius 3 is 2.39 bits per heavy atom. The molecule has 152 valence electrons. The highest BCUT2D eigenvalue weighted by Gasteiger charge is 2.06. The first-order chi connectivity index (χ1) is 13.1. The highest BCUT2D eigenvalue weighted by Crippen LogP contribution is 2.19. The topological polar surface area (TPSA) is 72.0 Å². The van der Waals surface area contributed by atoms with E-state index in [1.54, 1.807) is 26.3 Å². The number of guanidine groups is 1. The number of esters is 1. The zero-order valence-electron chi connectivity index (χ0n) is 16.7. The SMILES string of the molecule is CN=C(NCCc1cc(C)ccc1OC)NCc1ccc(C(=O)OC)cc1.I. The van der Waals surface area contributed by atoms with Crippen LogP contribution in [-0.4, -0.2) is 39.7 Å². The minimum Gasteiger partial charge on any atom is -0.496 e. The van der Waals surface area contributed by atoms with Gasteiger partial charge in [0, 0.05) is 20.1 Å². The average Bonchev–Trinajstić information content (AvgIpc) is 2.70. The maximum absolute atomic E-state index is 11.5. The van der Waals surface area contributed by atoms with Crippen molar-refractivity contribution in [1.29, 1.82) is 0 Å². The lowest BCUT2D eigenvalue weighted by Crippen LogP contribution is -2.37. The van der Waals surface area contributed by atoms with Crippen LogP contribution in [-0.2, 0) is 17.7 Å². The minimum absolute atomic E-state index is 0. The van der Waals surface area contributed by atoms with Gasteiger partial charge in [0.1, 0.15) is 5.75 Å². The minimum atomic E-state index is -0.335. The lowest BCUT2D eigenvalue weighted by molar-refractivity contribution is 0.0600. The van der Waals surface area contributed by atoms with Gasteiger partial charge in [-0.15, -0.1) is 24.0 Å². The van der Waals surface area contributed by atoms with E-state index in [0.717, 1.165) is 30.2 Å². The summed E-state index contributed by atoms with van der Waals surface area (Å²) >= 11 is 0. The van der Waals surface area contributed by atoms with Crippen molar-refractivity contribution in [3.05, 3.63) is 64.7 Å². The summed E-state index contributed by atoms with van der Waals surface area (Å²) in [6.45, 7) is 3.41. The zero-order valence-corrected chi connectivity index (χ0v) is 19.1. The summed E-state index contributed by atoms with van der Waals surface area (Å²) in [5.74, 6) is 1.29. The van der Waals surface area contributed by atoms with E-state index in [2.05, 4.69) is 28.6 Å². The first-order valence-corrected chi connectivity index (χ1v) is 8.82. The number of aliphatic imine (C=N–C) groups is 1. The Labute approximate surface area is 183 Å². The molecule has 0 heterocycles. The molecule has 0 atom stereocenters. The predicted octanol–water partition coefficient (Wildman–Crippen LogP) is 3.32. The predicted molar refractivity (Wildman–Crippen MR) is 123 cm³/mol. The number of hydrogen-bond donors (Lipinski definition) is 2. The monoisotopic (exact) mass is 497 g/mol. The van der Waals surface area contributed by atoms with Gasteiger partial charge in [-0.2, -0.15) is 0 Å². The lowest BCUT2D eigenvalue weighted by atomic mass is 10.1. The van der Waals surface area contributed by atoms with Gasteiger partial charge in [0.15, 0.2) is 5.96 Å². The largest absolute Gasteiger partial charge is 0.496 e. The molecule has 0 unspecified atom stereocenters. The molecule has 0 fully saturated rings. The maximum Gasteiger partial charge on any atom is 0.337 e. The summed E-state index contributed by atoms with van der Waals surface area (Å²) in [4.78, 5) is 15.7. The van der Waals surface area contributed by atoms with E-state index in [9.17, 15) is 4.79 Å². The van der Waals surface area contributed by atoms with Gasteiger partial charge in [-0.05, 0) is 42.7 Å². The summed E-state index contributed by atoms with van der Waals surface area (Å²) in [5, 5.41) is 6.57. The fourth-order valence-corrected chi connectivity index (χ4v) is 2.70. The number of nitrogens with one attached hydrogen (secondary N) is 2. The highest BCUT2D eigenvalue weighted by atomic mass is 127. The standard InChI is InChI=1S/C21H27N3O3.HI/c1-15-5-10-19(26-3)18(13-15)11-12-23-21(22-2)24-14-16-6-8-17(9-7-16)20(25)27-4;/h5-10,13H,11-12,14H2,1-4H3,(H2,22,23,24);1H. The fourth-order valence-electron chi connectivity index (χ4n) is 2.70. The molecular weight excluding hydrogens is 469 g/mol. The Morgan fingerprint density at radius 1 is 1.07 bits per heavy atom. The summed E-state index contributed by atoms with van der Waals surface area (Å²) in [6, 6.07) is 13.5. The van der Waals surface area contributed by atoms with Crippen LogP contribution >= 0.6 is 24.0 Å². The van der Waals surface area contributed by atoms with Crippen LogP contribution in [0.15, 0.2) is 47.5 Å². The first-order valence-electron chi connectivity index (χ1n) is 8.82. The molecule has 2 aromatic rings. The smallest absolute Gasteiger partial charge is 0.337 e. The molecule has 0 saturated carbocycles. The number of hydrogen-bond acceptors (Lipinski definition) is 4. The van der Waals surface area contributed by atoms with Gasteiger partial charge < -0.3 is 20.1 Å². The first kappa shape index (κ1) is 23.7. The number of nitrogens with zero attached hydrogens (tertiary/aromatic N) is 1. The van der Waals surface area contributed by atoms with E-state index < -0.39 is 0 Å². The maximum atomic E-state index is 11.5. The summed E-state index contributed by atoms with van der Waals surface area (Å²) in [5.41, 5.74) is 3.96. The van der Waals surface area contributed by atoms with E-state index in [0.29, 0.717) is 12.1 Å². The van der Waals surface area contributed by atoms with Gasteiger partial charge in [-0.3, -0.25) is 4.99 Å². The molecule has 0 aromatic heterocycles. The van der Waals surface area contributed by atoms with E-state index in [1.165, 1.54) is 18.2 Å².